The van der Waals surface area contributed by atoms with Gasteiger partial charge in [-0.3, -0.25) is 24.0 Å². The van der Waals surface area contributed by atoms with E-state index in [-0.39, 0.29) is 42.2 Å². The number of hydrogen-bond donors (Lipinski definition) is 5. The van der Waals surface area contributed by atoms with Crippen LogP contribution in [0.15, 0.2) is 195 Å². The molecule has 16 nitrogen and oxygen atoms in total. The van der Waals surface area contributed by atoms with Crippen molar-refractivity contribution in [3.63, 3.8) is 0 Å². The van der Waals surface area contributed by atoms with Gasteiger partial charge in [0.15, 0.2) is 0 Å². The molecule has 3 aromatic heterocycles. The third-order valence-electron chi connectivity index (χ3n) is 11.7. The van der Waals surface area contributed by atoms with Crippen LogP contribution >= 0.6 is 0 Å². The second kappa shape index (κ2) is 29.3. The summed E-state index contributed by atoms with van der Waals surface area (Å²) in [5.41, 5.74) is 13.8. The number of anilines is 3. The molecule has 2 amide bonds. The summed E-state index contributed by atoms with van der Waals surface area (Å²) < 4.78 is 26.5. The average molecular weight is 1080 g/mol. The molecule has 0 radical (unpaired) electrons. The van der Waals surface area contributed by atoms with Crippen molar-refractivity contribution >= 4 is 52.8 Å². The Balaban J connectivity index is 0.000000180. The van der Waals surface area contributed by atoms with E-state index in [9.17, 15) is 28.8 Å². The van der Waals surface area contributed by atoms with Crippen molar-refractivity contribution in [3.05, 3.63) is 233 Å². The number of carboxylic acid groups (broad SMARTS) is 2. The number of furan rings is 3. The number of ether oxygens (including phenoxy) is 2. The molecule has 0 atom stereocenters. The molecule has 0 spiro atoms. The van der Waals surface area contributed by atoms with E-state index >= 15 is 0 Å². The first kappa shape index (κ1) is 59.0. The molecule has 0 fully saturated rings. The van der Waals surface area contributed by atoms with Crippen LogP contribution in [0.1, 0.15) is 78.9 Å². The number of nitrogen functional groups attached to an aromatic ring is 1. The van der Waals surface area contributed by atoms with Crippen molar-refractivity contribution in [3.8, 4) is 34.0 Å². The molecule has 16 heteroatoms. The number of rotatable bonds is 16. The van der Waals surface area contributed by atoms with Crippen LogP contribution in [0.5, 0.6) is 0 Å². The van der Waals surface area contributed by atoms with E-state index in [1.807, 2.05) is 103 Å². The number of carboxylic acids is 2. The summed E-state index contributed by atoms with van der Waals surface area (Å²) in [5.74, 6) is 0.590. The Bertz CT molecular complexity index is 3470. The van der Waals surface area contributed by atoms with E-state index < -0.39 is 11.9 Å². The second-order valence-electron chi connectivity index (χ2n) is 17.7. The molecule has 0 saturated heterocycles. The van der Waals surface area contributed by atoms with Crippen molar-refractivity contribution in [1.82, 2.24) is 0 Å². The summed E-state index contributed by atoms with van der Waals surface area (Å²) in [5, 5.41) is 23.3. The zero-order valence-corrected chi connectivity index (χ0v) is 44.8. The molecule has 9 aromatic rings. The maximum absolute atomic E-state index is 12.6. The molecule has 0 bridgehead atoms. The molecule has 80 heavy (non-hydrogen) atoms. The summed E-state index contributed by atoms with van der Waals surface area (Å²) in [6.07, 6.45) is 0.479. The van der Waals surface area contributed by atoms with Crippen LogP contribution in [-0.4, -0.2) is 59.1 Å². The minimum absolute atomic E-state index is 0.0461. The van der Waals surface area contributed by atoms with Crippen molar-refractivity contribution in [2.75, 3.05) is 29.6 Å². The van der Waals surface area contributed by atoms with E-state index in [0.29, 0.717) is 87.9 Å². The van der Waals surface area contributed by atoms with Gasteiger partial charge in [0.05, 0.1) is 43.6 Å². The van der Waals surface area contributed by atoms with Crippen LogP contribution in [0.2, 0.25) is 0 Å². The SMILES string of the molecule is CCOC(=O)Cc1ccc(N)cc1.CCOC(=O)Cc1ccc(NC(=O)c2cc(-c3ccccc3)oc2C)cc1.Cc1oc(-c2ccccc2)cc1C(=O)Nc1ccc(CC(=O)O)cc1.Cc1oc(-c2ccccc2)cc1C(=O)O. The van der Waals surface area contributed by atoms with Crippen molar-refractivity contribution in [1.29, 1.82) is 0 Å². The zero-order chi connectivity index (χ0) is 57.6. The molecule has 3 heterocycles. The van der Waals surface area contributed by atoms with Crippen LogP contribution in [-0.2, 0) is 43.1 Å². The Morgan fingerprint density at radius 1 is 0.438 bits per heavy atom. The van der Waals surface area contributed by atoms with Gasteiger partial charge >= 0.3 is 23.9 Å². The number of hydrogen-bond acceptors (Lipinski definition) is 12. The van der Waals surface area contributed by atoms with Crippen molar-refractivity contribution < 1.29 is 61.7 Å². The van der Waals surface area contributed by atoms with Gasteiger partial charge in [0.25, 0.3) is 11.8 Å². The maximum Gasteiger partial charge on any atom is 0.339 e. The van der Waals surface area contributed by atoms with Crippen molar-refractivity contribution in [2.24, 2.45) is 0 Å². The maximum atomic E-state index is 12.6. The highest BCUT2D eigenvalue weighted by Gasteiger charge is 2.19. The minimum atomic E-state index is -0.960. The lowest BCUT2D eigenvalue weighted by Crippen LogP contribution is -2.12. The van der Waals surface area contributed by atoms with Gasteiger partial charge in [-0.15, -0.1) is 0 Å². The summed E-state index contributed by atoms with van der Waals surface area (Å²) in [6.45, 7) is 9.52. The van der Waals surface area contributed by atoms with Crippen LogP contribution in [0, 0.1) is 20.8 Å². The topological polar surface area (TPSA) is 251 Å². The molecule has 0 aliphatic heterocycles. The Labute approximate surface area is 462 Å². The highest BCUT2D eigenvalue weighted by Crippen LogP contribution is 2.28. The second-order valence-corrected chi connectivity index (χ2v) is 17.7. The lowest BCUT2D eigenvalue weighted by molar-refractivity contribution is -0.143. The Kier molecular flexibility index (Phi) is 21.6. The highest BCUT2D eigenvalue weighted by molar-refractivity contribution is 6.06. The first-order valence-corrected chi connectivity index (χ1v) is 25.4. The standard InChI is InChI=1S/C22H21NO4.C20H17NO4.C12H10O3.C10H13NO2/c1-3-26-21(24)13-16-9-11-18(12-10-16)23-22(25)19-14-20(27-15(19)2)17-7-5-4-6-8-17;1-13-17(12-18(25-13)15-5-3-2-4-6-15)20(24)21-16-9-7-14(8-10-16)11-19(22)23;1-8-10(12(13)14)7-11(15-8)9-5-3-2-4-6-9;1-2-13-10(12)7-8-3-5-9(11)6-4-8/h4-12,14H,3,13H2,1-2H3,(H,23,25);2-10,12H,11H2,1H3,(H,21,24)(H,22,23);2-7H,1H3,(H,13,14);3-6H,2,7,11H2,1H3. The third-order valence-corrected chi connectivity index (χ3v) is 11.7. The largest absolute Gasteiger partial charge is 0.481 e. The van der Waals surface area contributed by atoms with Gasteiger partial charge in [0, 0.05) is 33.8 Å². The molecule has 0 aliphatic rings. The van der Waals surface area contributed by atoms with Gasteiger partial charge in [-0.25, -0.2) is 4.79 Å². The number of aliphatic carboxylic acids is 1. The highest BCUT2D eigenvalue weighted by atomic mass is 16.5. The van der Waals surface area contributed by atoms with E-state index in [4.69, 9.17) is 38.7 Å². The fourth-order valence-corrected chi connectivity index (χ4v) is 7.72. The predicted molar refractivity (Wildman–Crippen MR) is 305 cm³/mol. The Morgan fingerprint density at radius 2 is 0.750 bits per heavy atom. The van der Waals surface area contributed by atoms with Crippen LogP contribution in [0.4, 0.5) is 17.1 Å². The lowest BCUT2D eigenvalue weighted by atomic mass is 10.1. The van der Waals surface area contributed by atoms with E-state index in [1.165, 1.54) is 0 Å². The number of esters is 2. The average Bonchev–Trinajstić information content (AvgIpc) is 4.18. The Morgan fingerprint density at radius 3 is 1.06 bits per heavy atom. The smallest absolute Gasteiger partial charge is 0.339 e. The van der Waals surface area contributed by atoms with Gasteiger partial charge in [-0.2, -0.15) is 0 Å². The van der Waals surface area contributed by atoms with E-state index in [2.05, 4.69) is 10.6 Å². The first-order chi connectivity index (χ1) is 38.5. The predicted octanol–water partition coefficient (Wildman–Crippen LogP) is 13.1. The van der Waals surface area contributed by atoms with Gasteiger partial charge in [0.2, 0.25) is 0 Å². The normalized spacial score (nSPS) is 10.3. The molecule has 6 aromatic carbocycles. The van der Waals surface area contributed by atoms with E-state index in [0.717, 1.165) is 27.8 Å². The number of aromatic carboxylic acids is 1. The number of aryl methyl sites for hydroxylation is 3. The van der Waals surface area contributed by atoms with Crippen molar-refractivity contribution in [2.45, 2.75) is 53.9 Å². The van der Waals surface area contributed by atoms with Gasteiger partial charge in [-0.05, 0) is 106 Å². The van der Waals surface area contributed by atoms with Crippen LogP contribution in [0.3, 0.4) is 0 Å². The quantitative estimate of drug-likeness (QED) is 0.0446. The Hall–Kier alpha value is -10.2. The van der Waals surface area contributed by atoms with E-state index in [1.54, 1.807) is 113 Å². The van der Waals surface area contributed by atoms with Crippen LogP contribution in [0.25, 0.3) is 34.0 Å². The number of nitrogens with two attached hydrogens (primary N) is 1. The molecular weight excluding hydrogens is 1020 g/mol. The summed E-state index contributed by atoms with van der Waals surface area (Å²) >= 11 is 0. The summed E-state index contributed by atoms with van der Waals surface area (Å²) in [4.78, 5) is 69.1. The fraction of sp³-hybridized carbons (Fsp3) is 0.156. The molecule has 0 aliphatic carbocycles. The summed E-state index contributed by atoms with van der Waals surface area (Å²) in [6, 6.07) is 54.7. The number of carbonyl (C=O) groups excluding carboxylic acids is 4. The lowest BCUT2D eigenvalue weighted by Gasteiger charge is -2.06. The fourth-order valence-electron chi connectivity index (χ4n) is 7.72. The number of carbonyl (C=O) groups is 6. The molecule has 0 unspecified atom stereocenters. The molecule has 9 rings (SSSR count). The van der Waals surface area contributed by atoms with Crippen LogP contribution < -0.4 is 16.4 Å². The molecule has 6 N–H and O–H groups in total. The molecular formula is C64H61N3O13. The van der Waals surface area contributed by atoms with Gasteiger partial charge < -0.3 is 49.3 Å². The molecule has 0 saturated carbocycles. The summed E-state index contributed by atoms with van der Waals surface area (Å²) in [7, 11) is 0. The zero-order valence-electron chi connectivity index (χ0n) is 44.8. The molecule has 410 valence electrons. The first-order valence-electron chi connectivity index (χ1n) is 25.4. The number of amides is 2. The minimum Gasteiger partial charge on any atom is -0.481 e. The number of nitrogens with one attached hydrogen (secondary N) is 2. The number of benzene rings is 6. The monoisotopic (exact) mass is 1080 g/mol. The van der Waals surface area contributed by atoms with Gasteiger partial charge in [0.1, 0.15) is 40.1 Å². The third kappa shape index (κ3) is 17.9. The van der Waals surface area contributed by atoms with Gasteiger partial charge in [-0.1, -0.05) is 127 Å².